The molecule has 6 heteroatoms. The third kappa shape index (κ3) is 6.15. The molecular weight excluding hydrogens is 342 g/mol. The largest absolute Gasteiger partial charge is 0.497 e. The van der Waals surface area contributed by atoms with Crippen LogP contribution in [-0.2, 0) is 9.53 Å². The van der Waals surface area contributed by atoms with Crippen molar-refractivity contribution in [3.8, 4) is 5.75 Å². The molecule has 0 amide bonds. The highest BCUT2D eigenvalue weighted by Gasteiger charge is 2.26. The number of hydrogen-bond donors (Lipinski definition) is 1. The van der Waals surface area contributed by atoms with E-state index in [1.807, 2.05) is 12.1 Å². The molecule has 150 valence electrons. The summed E-state index contributed by atoms with van der Waals surface area (Å²) in [7, 11) is 3.15. The van der Waals surface area contributed by atoms with Crippen molar-refractivity contribution in [2.45, 2.75) is 39.0 Å². The lowest BCUT2D eigenvalue weighted by molar-refractivity contribution is -0.146. The molecule has 1 aromatic carbocycles. The maximum atomic E-state index is 11.7. The lowest BCUT2D eigenvalue weighted by Gasteiger charge is -2.33. The van der Waals surface area contributed by atoms with Crippen LogP contribution < -0.4 is 10.1 Å². The molecule has 2 rings (SSSR count). The van der Waals surface area contributed by atoms with Crippen molar-refractivity contribution in [1.82, 2.24) is 10.2 Å². The van der Waals surface area contributed by atoms with E-state index in [9.17, 15) is 4.79 Å². The van der Waals surface area contributed by atoms with Crippen molar-refractivity contribution in [2.75, 3.05) is 40.4 Å². The first-order chi connectivity index (χ1) is 13.1. The number of methoxy groups -OCH3 is 2. The fraction of sp³-hybridized carbons (Fsp3) is 0.619. The number of likely N-dealkylation sites (tertiary alicyclic amines) is 1. The number of rotatable bonds is 7. The van der Waals surface area contributed by atoms with Crippen molar-refractivity contribution in [2.24, 2.45) is 10.9 Å². The summed E-state index contributed by atoms with van der Waals surface area (Å²) in [6, 6.07) is 8.25. The minimum Gasteiger partial charge on any atom is -0.497 e. The molecular formula is C21H33N3O3. The summed E-state index contributed by atoms with van der Waals surface area (Å²) >= 11 is 0. The molecule has 1 heterocycles. The number of guanidine groups is 1. The van der Waals surface area contributed by atoms with Gasteiger partial charge in [0.1, 0.15) is 5.75 Å². The summed E-state index contributed by atoms with van der Waals surface area (Å²) in [6.45, 7) is 7.58. The molecule has 0 aromatic heterocycles. The summed E-state index contributed by atoms with van der Waals surface area (Å²) in [6.07, 6.45) is 2.62. The normalized spacial score (nSPS) is 16.7. The Morgan fingerprint density at radius 3 is 2.48 bits per heavy atom. The first-order valence-corrected chi connectivity index (χ1v) is 9.84. The average Bonchev–Trinajstić information content (AvgIpc) is 2.72. The first-order valence-electron chi connectivity index (χ1n) is 9.84. The maximum Gasteiger partial charge on any atom is 0.308 e. The van der Waals surface area contributed by atoms with Gasteiger partial charge in [0.2, 0.25) is 0 Å². The van der Waals surface area contributed by atoms with Crippen LogP contribution in [0.3, 0.4) is 0 Å². The van der Waals surface area contributed by atoms with Gasteiger partial charge in [-0.3, -0.25) is 9.79 Å². The Hall–Kier alpha value is -2.24. The quantitative estimate of drug-likeness (QED) is 0.451. The molecule has 1 N–H and O–H groups in total. The molecule has 1 unspecified atom stereocenters. The Morgan fingerprint density at radius 1 is 1.26 bits per heavy atom. The smallest absolute Gasteiger partial charge is 0.308 e. The van der Waals surface area contributed by atoms with E-state index in [0.717, 1.165) is 57.2 Å². The number of carbonyl (C=O) groups excluding carboxylic acids is 1. The highest BCUT2D eigenvalue weighted by Crippen LogP contribution is 2.22. The van der Waals surface area contributed by atoms with E-state index in [-0.39, 0.29) is 11.9 Å². The number of aliphatic imine (C=N–C) groups is 1. The molecule has 0 aliphatic carbocycles. The van der Waals surface area contributed by atoms with Crippen molar-refractivity contribution in [3.63, 3.8) is 0 Å². The molecule has 27 heavy (non-hydrogen) atoms. The van der Waals surface area contributed by atoms with Crippen LogP contribution in [0.4, 0.5) is 0 Å². The van der Waals surface area contributed by atoms with Gasteiger partial charge in [0, 0.05) is 26.2 Å². The van der Waals surface area contributed by atoms with Crippen LogP contribution in [0.5, 0.6) is 5.75 Å². The summed E-state index contributed by atoms with van der Waals surface area (Å²) in [5.41, 5.74) is 1.30. The van der Waals surface area contributed by atoms with Gasteiger partial charge < -0.3 is 19.7 Å². The third-order valence-corrected chi connectivity index (χ3v) is 5.17. The topological polar surface area (TPSA) is 63.2 Å². The van der Waals surface area contributed by atoms with E-state index in [0.29, 0.717) is 5.92 Å². The summed E-state index contributed by atoms with van der Waals surface area (Å²) in [4.78, 5) is 18.8. The van der Waals surface area contributed by atoms with Crippen molar-refractivity contribution < 1.29 is 14.3 Å². The van der Waals surface area contributed by atoms with Crippen LogP contribution in [0.1, 0.15) is 44.6 Å². The second-order valence-corrected chi connectivity index (χ2v) is 6.98. The molecule has 1 atom stereocenters. The number of nitrogens with one attached hydrogen (secondary N) is 1. The van der Waals surface area contributed by atoms with E-state index in [2.05, 4.69) is 36.2 Å². The number of piperidine rings is 1. The zero-order chi connectivity index (χ0) is 19.6. The minimum atomic E-state index is -0.0927. The Bertz CT molecular complexity index is 608. The number of carbonyl (C=O) groups is 1. The minimum absolute atomic E-state index is 0.0178. The van der Waals surface area contributed by atoms with Crippen LogP contribution in [0.2, 0.25) is 0 Å². The van der Waals surface area contributed by atoms with Crippen molar-refractivity contribution >= 4 is 11.9 Å². The first kappa shape index (κ1) is 21.1. The highest BCUT2D eigenvalue weighted by atomic mass is 16.5. The molecule has 1 aliphatic rings. The molecule has 1 saturated heterocycles. The highest BCUT2D eigenvalue weighted by molar-refractivity contribution is 5.80. The van der Waals surface area contributed by atoms with Crippen LogP contribution in [0, 0.1) is 5.92 Å². The second-order valence-electron chi connectivity index (χ2n) is 6.98. The lowest BCUT2D eigenvalue weighted by Crippen LogP contribution is -2.46. The van der Waals surface area contributed by atoms with Crippen molar-refractivity contribution in [3.05, 3.63) is 29.8 Å². The molecule has 0 radical (unpaired) electrons. The predicted molar refractivity (Wildman–Crippen MR) is 108 cm³/mol. The van der Waals surface area contributed by atoms with Crippen LogP contribution in [-0.4, -0.2) is 57.2 Å². The Labute approximate surface area is 162 Å². The van der Waals surface area contributed by atoms with Gasteiger partial charge in [-0.15, -0.1) is 0 Å². The van der Waals surface area contributed by atoms with E-state index in [4.69, 9.17) is 14.5 Å². The molecule has 1 aromatic rings. The van der Waals surface area contributed by atoms with E-state index >= 15 is 0 Å². The van der Waals surface area contributed by atoms with Gasteiger partial charge in [-0.05, 0) is 49.8 Å². The fourth-order valence-electron chi connectivity index (χ4n) is 3.38. The monoisotopic (exact) mass is 375 g/mol. The SMILES string of the molecule is CCNC(=NCCC(C)c1ccc(OC)cc1)N1CCC(C(=O)OC)CC1. The Morgan fingerprint density at radius 2 is 1.93 bits per heavy atom. The lowest BCUT2D eigenvalue weighted by atomic mass is 9.97. The zero-order valence-corrected chi connectivity index (χ0v) is 17.0. The molecule has 6 nitrogen and oxygen atoms in total. The van der Waals surface area contributed by atoms with Crippen LogP contribution in [0.15, 0.2) is 29.3 Å². The van der Waals surface area contributed by atoms with Gasteiger partial charge in [0.15, 0.2) is 5.96 Å². The third-order valence-electron chi connectivity index (χ3n) is 5.17. The van der Waals surface area contributed by atoms with Gasteiger partial charge >= 0.3 is 5.97 Å². The van der Waals surface area contributed by atoms with Gasteiger partial charge in [-0.2, -0.15) is 0 Å². The van der Waals surface area contributed by atoms with Gasteiger partial charge in [-0.25, -0.2) is 0 Å². The number of hydrogen-bond acceptors (Lipinski definition) is 4. The summed E-state index contributed by atoms with van der Waals surface area (Å²) in [5.74, 6) is 2.19. The molecule has 0 bridgehead atoms. The summed E-state index contributed by atoms with van der Waals surface area (Å²) in [5, 5.41) is 3.38. The number of esters is 1. The molecule has 1 aliphatic heterocycles. The van der Waals surface area contributed by atoms with Crippen molar-refractivity contribution in [1.29, 1.82) is 0 Å². The zero-order valence-electron chi connectivity index (χ0n) is 17.0. The number of benzene rings is 1. The van der Waals surface area contributed by atoms with E-state index in [1.54, 1.807) is 7.11 Å². The number of ether oxygens (including phenoxy) is 2. The Balaban J connectivity index is 1.88. The van der Waals surface area contributed by atoms with E-state index < -0.39 is 0 Å². The fourth-order valence-corrected chi connectivity index (χ4v) is 3.38. The molecule has 0 saturated carbocycles. The average molecular weight is 376 g/mol. The van der Waals surface area contributed by atoms with Gasteiger partial charge in [-0.1, -0.05) is 19.1 Å². The van der Waals surface area contributed by atoms with E-state index in [1.165, 1.54) is 12.7 Å². The van der Waals surface area contributed by atoms with Gasteiger partial charge in [0.05, 0.1) is 20.1 Å². The predicted octanol–water partition coefficient (Wildman–Crippen LogP) is 3.04. The maximum absolute atomic E-state index is 11.7. The van der Waals surface area contributed by atoms with Crippen LogP contribution in [0.25, 0.3) is 0 Å². The summed E-state index contributed by atoms with van der Waals surface area (Å²) < 4.78 is 10.1. The molecule has 1 fully saturated rings. The molecule has 0 spiro atoms. The standard InChI is InChI=1S/C21H33N3O3/c1-5-22-21(24-14-11-18(12-15-24)20(25)27-4)23-13-10-16(2)17-6-8-19(26-3)9-7-17/h6-9,16,18H,5,10-15H2,1-4H3,(H,22,23). The van der Waals surface area contributed by atoms with Crippen LogP contribution >= 0.6 is 0 Å². The van der Waals surface area contributed by atoms with Gasteiger partial charge in [0.25, 0.3) is 0 Å². The number of nitrogens with zero attached hydrogens (tertiary/aromatic N) is 2. The Kier molecular flexibility index (Phi) is 8.43. The second kappa shape index (κ2) is 10.8.